The number of unbranched alkanes of at least 4 members (excludes halogenated alkanes) is 42. The second kappa shape index (κ2) is 58.5. The molecule has 1 unspecified atom stereocenters. The molecule has 0 bridgehead atoms. The Balaban J connectivity index is 4.24. The molecule has 0 saturated heterocycles. The van der Waals surface area contributed by atoms with Gasteiger partial charge in [0.15, 0.2) is 6.10 Å². The van der Waals surface area contributed by atoms with E-state index in [1.807, 2.05) is 0 Å². The average Bonchev–Trinajstić information content (AvgIpc) is 3.35. The van der Waals surface area contributed by atoms with Crippen LogP contribution in [0.1, 0.15) is 342 Å². The summed E-state index contributed by atoms with van der Waals surface area (Å²) >= 11 is 0. The number of carbonyl (C=O) groups is 3. The van der Waals surface area contributed by atoms with Crippen LogP contribution in [0, 0.1) is 0 Å². The standard InChI is InChI=1S/C63H118O6/c1-4-7-10-13-16-19-22-24-26-28-30-31-32-33-35-36-38-41-44-47-50-53-56-62(65)68-59-60(58-67-61(64)55-52-49-46-43-40-21-18-15-12-9-6-3)69-63(66)57-54-51-48-45-42-39-37-34-29-27-25-23-20-17-14-11-8-5-2/h20,23,27,29,60H,4-19,21-22,24-26,28,30-59H2,1-3H3/b23-20-,29-27-. The van der Waals surface area contributed by atoms with Gasteiger partial charge in [-0.2, -0.15) is 0 Å². The van der Waals surface area contributed by atoms with Gasteiger partial charge in [0, 0.05) is 19.3 Å². The van der Waals surface area contributed by atoms with Gasteiger partial charge in [-0.1, -0.05) is 295 Å². The predicted octanol–water partition coefficient (Wildman–Crippen LogP) is 20.7. The van der Waals surface area contributed by atoms with Crippen LogP contribution in [0.4, 0.5) is 0 Å². The molecule has 0 aromatic rings. The average molecular weight is 972 g/mol. The molecule has 0 spiro atoms. The van der Waals surface area contributed by atoms with E-state index in [1.165, 1.54) is 231 Å². The van der Waals surface area contributed by atoms with E-state index in [4.69, 9.17) is 14.2 Å². The summed E-state index contributed by atoms with van der Waals surface area (Å²) in [5.74, 6) is -0.854. The van der Waals surface area contributed by atoms with Crippen molar-refractivity contribution in [2.75, 3.05) is 13.2 Å². The van der Waals surface area contributed by atoms with Gasteiger partial charge in [0.2, 0.25) is 0 Å². The SMILES string of the molecule is CCCCCC/C=C\C/C=C\CCCCCCCCCC(=O)OC(COC(=O)CCCCCCCCCCCCC)COC(=O)CCCCCCCCCCCCCCCCCCCCCCCC. The van der Waals surface area contributed by atoms with Crippen LogP contribution in [0.15, 0.2) is 24.3 Å². The summed E-state index contributed by atoms with van der Waals surface area (Å²) in [7, 11) is 0. The molecular weight excluding hydrogens is 853 g/mol. The molecule has 0 heterocycles. The van der Waals surface area contributed by atoms with E-state index >= 15 is 0 Å². The fourth-order valence-electron chi connectivity index (χ4n) is 9.30. The molecule has 0 aromatic carbocycles. The molecule has 0 aliphatic rings. The highest BCUT2D eigenvalue weighted by molar-refractivity contribution is 5.71. The first-order valence-electron chi connectivity index (χ1n) is 30.8. The first-order valence-corrected chi connectivity index (χ1v) is 30.8. The molecule has 1 atom stereocenters. The zero-order valence-electron chi connectivity index (χ0n) is 46.6. The number of carbonyl (C=O) groups excluding carboxylic acids is 3. The van der Waals surface area contributed by atoms with Gasteiger partial charge in [-0.05, 0) is 51.4 Å². The Kier molecular flexibility index (Phi) is 56.7. The molecular formula is C63H118O6. The molecule has 0 aliphatic carbocycles. The van der Waals surface area contributed by atoms with Crippen LogP contribution in [-0.2, 0) is 28.6 Å². The van der Waals surface area contributed by atoms with Crippen molar-refractivity contribution in [2.45, 2.75) is 348 Å². The fraction of sp³-hybridized carbons (Fsp3) is 0.889. The summed E-state index contributed by atoms with van der Waals surface area (Å²) in [6.07, 6.45) is 68.9. The molecule has 0 radical (unpaired) electrons. The van der Waals surface area contributed by atoms with E-state index in [2.05, 4.69) is 45.1 Å². The lowest BCUT2D eigenvalue weighted by Gasteiger charge is -2.18. The van der Waals surface area contributed by atoms with E-state index in [0.717, 1.165) is 70.6 Å². The van der Waals surface area contributed by atoms with E-state index in [0.29, 0.717) is 19.3 Å². The minimum absolute atomic E-state index is 0.0688. The molecule has 0 aliphatic heterocycles. The van der Waals surface area contributed by atoms with Crippen molar-refractivity contribution < 1.29 is 28.6 Å². The van der Waals surface area contributed by atoms with Gasteiger partial charge >= 0.3 is 17.9 Å². The van der Waals surface area contributed by atoms with E-state index in [9.17, 15) is 14.4 Å². The van der Waals surface area contributed by atoms with Gasteiger partial charge in [0.1, 0.15) is 13.2 Å². The quantitative estimate of drug-likeness (QED) is 0.0261. The van der Waals surface area contributed by atoms with E-state index in [1.54, 1.807) is 0 Å². The van der Waals surface area contributed by atoms with Crippen molar-refractivity contribution in [3.05, 3.63) is 24.3 Å². The van der Waals surface area contributed by atoms with Crippen LogP contribution < -0.4 is 0 Å². The number of hydrogen-bond donors (Lipinski definition) is 0. The maximum Gasteiger partial charge on any atom is 0.306 e. The van der Waals surface area contributed by atoms with Gasteiger partial charge in [-0.15, -0.1) is 0 Å². The lowest BCUT2D eigenvalue weighted by atomic mass is 10.0. The van der Waals surface area contributed by atoms with Crippen LogP contribution in [0.2, 0.25) is 0 Å². The smallest absolute Gasteiger partial charge is 0.306 e. The van der Waals surface area contributed by atoms with Gasteiger partial charge < -0.3 is 14.2 Å². The van der Waals surface area contributed by atoms with E-state index in [-0.39, 0.29) is 31.1 Å². The highest BCUT2D eigenvalue weighted by Crippen LogP contribution is 2.17. The van der Waals surface area contributed by atoms with Crippen LogP contribution in [-0.4, -0.2) is 37.2 Å². The minimum Gasteiger partial charge on any atom is -0.462 e. The second-order valence-electron chi connectivity index (χ2n) is 21.0. The first-order chi connectivity index (χ1) is 34.0. The van der Waals surface area contributed by atoms with Crippen LogP contribution in [0.5, 0.6) is 0 Å². The zero-order valence-corrected chi connectivity index (χ0v) is 46.6. The first kappa shape index (κ1) is 66.9. The largest absolute Gasteiger partial charge is 0.462 e. The predicted molar refractivity (Wildman–Crippen MR) is 298 cm³/mol. The van der Waals surface area contributed by atoms with Gasteiger partial charge in [0.05, 0.1) is 0 Å². The maximum atomic E-state index is 12.9. The molecule has 0 saturated carbocycles. The van der Waals surface area contributed by atoms with Gasteiger partial charge in [0.25, 0.3) is 0 Å². The van der Waals surface area contributed by atoms with Crippen LogP contribution >= 0.6 is 0 Å². The number of rotatable bonds is 57. The minimum atomic E-state index is -0.770. The molecule has 0 aromatic heterocycles. The number of esters is 3. The molecule has 69 heavy (non-hydrogen) atoms. The third-order valence-electron chi connectivity index (χ3n) is 14.0. The molecule has 0 rings (SSSR count). The Bertz CT molecular complexity index is 1110. The van der Waals surface area contributed by atoms with Gasteiger partial charge in [-0.25, -0.2) is 0 Å². The third-order valence-corrected chi connectivity index (χ3v) is 14.0. The zero-order chi connectivity index (χ0) is 50.0. The Labute approximate surface area is 430 Å². The summed E-state index contributed by atoms with van der Waals surface area (Å²) in [5, 5.41) is 0. The second-order valence-corrected chi connectivity index (χ2v) is 21.0. The molecule has 0 N–H and O–H groups in total. The lowest BCUT2D eigenvalue weighted by molar-refractivity contribution is -0.167. The highest BCUT2D eigenvalue weighted by atomic mass is 16.6. The normalized spacial score (nSPS) is 12.1. The highest BCUT2D eigenvalue weighted by Gasteiger charge is 2.19. The van der Waals surface area contributed by atoms with Crippen molar-refractivity contribution in [1.29, 1.82) is 0 Å². The molecule has 6 heteroatoms. The van der Waals surface area contributed by atoms with Crippen molar-refractivity contribution in [3.8, 4) is 0 Å². The molecule has 406 valence electrons. The molecule has 6 nitrogen and oxygen atoms in total. The fourth-order valence-corrected chi connectivity index (χ4v) is 9.30. The van der Waals surface area contributed by atoms with Crippen molar-refractivity contribution in [2.24, 2.45) is 0 Å². The van der Waals surface area contributed by atoms with Crippen LogP contribution in [0.3, 0.4) is 0 Å². The Hall–Kier alpha value is -2.11. The Morgan fingerprint density at radius 3 is 0.812 bits per heavy atom. The summed E-state index contributed by atoms with van der Waals surface area (Å²) in [4.78, 5) is 38.2. The Morgan fingerprint density at radius 2 is 0.522 bits per heavy atom. The summed E-state index contributed by atoms with van der Waals surface area (Å²) in [6.45, 7) is 6.67. The summed E-state index contributed by atoms with van der Waals surface area (Å²) in [6, 6.07) is 0. The van der Waals surface area contributed by atoms with E-state index < -0.39 is 6.10 Å². The van der Waals surface area contributed by atoms with Crippen molar-refractivity contribution in [1.82, 2.24) is 0 Å². The topological polar surface area (TPSA) is 78.9 Å². The lowest BCUT2D eigenvalue weighted by Crippen LogP contribution is -2.30. The summed E-state index contributed by atoms with van der Waals surface area (Å²) < 4.78 is 16.9. The van der Waals surface area contributed by atoms with Crippen LogP contribution in [0.25, 0.3) is 0 Å². The number of allylic oxidation sites excluding steroid dienone is 4. The molecule has 0 amide bonds. The van der Waals surface area contributed by atoms with Gasteiger partial charge in [-0.3, -0.25) is 14.4 Å². The molecule has 0 fully saturated rings. The van der Waals surface area contributed by atoms with Crippen molar-refractivity contribution >= 4 is 17.9 Å². The maximum absolute atomic E-state index is 12.9. The third kappa shape index (κ3) is 56.7. The monoisotopic (exact) mass is 971 g/mol. The van der Waals surface area contributed by atoms with Crippen molar-refractivity contribution in [3.63, 3.8) is 0 Å². The number of hydrogen-bond acceptors (Lipinski definition) is 6. The Morgan fingerprint density at radius 1 is 0.290 bits per heavy atom. The number of ether oxygens (including phenoxy) is 3. The summed E-state index contributed by atoms with van der Waals surface area (Å²) in [5.41, 5.74) is 0.